The summed E-state index contributed by atoms with van der Waals surface area (Å²) >= 11 is 3.48. The predicted molar refractivity (Wildman–Crippen MR) is 61.7 cm³/mol. The Balaban J connectivity index is 2.29. The van der Waals surface area contributed by atoms with Crippen LogP contribution in [0.15, 0.2) is 4.60 Å². The summed E-state index contributed by atoms with van der Waals surface area (Å²) in [7, 11) is 1.71. The highest BCUT2D eigenvalue weighted by molar-refractivity contribution is 9.10. The van der Waals surface area contributed by atoms with Crippen molar-refractivity contribution < 1.29 is 4.74 Å². The SMILES string of the molecule is COCCc1nc(Br)c2n1CCCC2N. The molecular weight excluding hydrogens is 258 g/mol. The first-order chi connectivity index (χ1) is 7.24. The standard InChI is InChI=1S/C10H16BrN3O/c1-15-6-4-8-13-10(11)9-7(12)3-2-5-14(8)9/h7H,2-6,12H2,1H3. The maximum Gasteiger partial charge on any atom is 0.129 e. The molecule has 0 spiro atoms. The van der Waals surface area contributed by atoms with E-state index in [1.54, 1.807) is 7.11 Å². The van der Waals surface area contributed by atoms with Crippen molar-refractivity contribution in [3.8, 4) is 0 Å². The van der Waals surface area contributed by atoms with Crippen molar-refractivity contribution in [3.05, 3.63) is 16.1 Å². The number of methoxy groups -OCH3 is 1. The number of halogens is 1. The molecule has 0 aliphatic carbocycles. The summed E-state index contributed by atoms with van der Waals surface area (Å²) < 4.78 is 8.21. The molecule has 2 rings (SSSR count). The lowest BCUT2D eigenvalue weighted by molar-refractivity contribution is 0.199. The number of imidazole rings is 1. The molecule has 0 fully saturated rings. The summed E-state index contributed by atoms with van der Waals surface area (Å²) in [6, 6.07) is 0.122. The third-order valence-corrected chi connectivity index (χ3v) is 3.40. The van der Waals surface area contributed by atoms with E-state index in [-0.39, 0.29) is 6.04 Å². The molecule has 1 aromatic rings. The van der Waals surface area contributed by atoms with E-state index >= 15 is 0 Å². The zero-order chi connectivity index (χ0) is 10.8. The van der Waals surface area contributed by atoms with Crippen LogP contribution < -0.4 is 5.73 Å². The Hall–Kier alpha value is -0.390. The van der Waals surface area contributed by atoms with Crippen molar-refractivity contribution in [1.29, 1.82) is 0 Å². The minimum Gasteiger partial charge on any atom is -0.384 e. The third kappa shape index (κ3) is 2.09. The Morgan fingerprint density at radius 2 is 2.47 bits per heavy atom. The predicted octanol–water partition coefficient (Wildman–Crippen LogP) is 1.63. The molecule has 2 heterocycles. The van der Waals surface area contributed by atoms with Gasteiger partial charge in [-0.3, -0.25) is 0 Å². The molecule has 0 bridgehead atoms. The highest BCUT2D eigenvalue weighted by Gasteiger charge is 2.23. The molecule has 4 nitrogen and oxygen atoms in total. The van der Waals surface area contributed by atoms with E-state index in [2.05, 4.69) is 25.5 Å². The summed E-state index contributed by atoms with van der Waals surface area (Å²) in [6.45, 7) is 1.73. The fourth-order valence-electron chi connectivity index (χ4n) is 2.07. The summed E-state index contributed by atoms with van der Waals surface area (Å²) in [6.07, 6.45) is 3.03. The Morgan fingerprint density at radius 3 is 3.20 bits per heavy atom. The fourth-order valence-corrected chi connectivity index (χ4v) is 2.79. The second-order valence-electron chi connectivity index (χ2n) is 3.85. The van der Waals surface area contributed by atoms with Crippen molar-refractivity contribution >= 4 is 15.9 Å². The molecule has 5 heteroatoms. The highest BCUT2D eigenvalue weighted by Crippen LogP contribution is 2.30. The van der Waals surface area contributed by atoms with Crippen LogP contribution in [-0.2, 0) is 17.7 Å². The maximum absolute atomic E-state index is 6.07. The Bertz CT molecular complexity index is 351. The van der Waals surface area contributed by atoms with Gasteiger partial charge >= 0.3 is 0 Å². The van der Waals surface area contributed by atoms with E-state index < -0.39 is 0 Å². The molecule has 15 heavy (non-hydrogen) atoms. The molecule has 1 aliphatic rings. The first kappa shape index (κ1) is 11.1. The number of fused-ring (bicyclic) bond motifs is 1. The van der Waals surface area contributed by atoms with Crippen LogP contribution in [0.2, 0.25) is 0 Å². The Morgan fingerprint density at radius 1 is 1.67 bits per heavy atom. The van der Waals surface area contributed by atoms with Crippen LogP contribution in [0.1, 0.15) is 30.4 Å². The van der Waals surface area contributed by atoms with E-state index in [0.29, 0.717) is 6.61 Å². The summed E-state index contributed by atoms with van der Waals surface area (Å²) in [4.78, 5) is 4.50. The van der Waals surface area contributed by atoms with Gasteiger partial charge in [0.2, 0.25) is 0 Å². The van der Waals surface area contributed by atoms with Gasteiger partial charge in [-0.2, -0.15) is 0 Å². The minimum atomic E-state index is 0.122. The normalized spacial score (nSPS) is 20.3. The van der Waals surface area contributed by atoms with Gasteiger partial charge in [-0.25, -0.2) is 4.98 Å². The molecule has 84 valence electrons. The summed E-state index contributed by atoms with van der Waals surface area (Å²) in [5.41, 5.74) is 7.21. The molecular formula is C10H16BrN3O. The molecule has 0 saturated carbocycles. The lowest BCUT2D eigenvalue weighted by Crippen LogP contribution is -2.23. The summed E-state index contributed by atoms with van der Waals surface area (Å²) in [5, 5.41) is 0. The number of nitrogens with two attached hydrogens (primary N) is 1. The molecule has 2 N–H and O–H groups in total. The Kier molecular flexibility index (Phi) is 3.43. The van der Waals surface area contributed by atoms with E-state index in [9.17, 15) is 0 Å². The molecule has 1 aliphatic heterocycles. The fraction of sp³-hybridized carbons (Fsp3) is 0.700. The van der Waals surface area contributed by atoms with E-state index in [0.717, 1.165) is 41.9 Å². The number of nitrogens with zero attached hydrogens (tertiary/aromatic N) is 2. The van der Waals surface area contributed by atoms with Gasteiger partial charge in [0.1, 0.15) is 10.4 Å². The lowest BCUT2D eigenvalue weighted by atomic mass is 10.1. The average molecular weight is 274 g/mol. The van der Waals surface area contributed by atoms with Crippen LogP contribution in [0.25, 0.3) is 0 Å². The smallest absolute Gasteiger partial charge is 0.129 e. The van der Waals surface area contributed by atoms with Gasteiger partial charge in [-0.1, -0.05) is 0 Å². The van der Waals surface area contributed by atoms with Gasteiger partial charge in [0.25, 0.3) is 0 Å². The van der Waals surface area contributed by atoms with Crippen LogP contribution in [0.4, 0.5) is 0 Å². The van der Waals surface area contributed by atoms with E-state index in [1.165, 1.54) is 0 Å². The van der Waals surface area contributed by atoms with Crippen LogP contribution >= 0.6 is 15.9 Å². The van der Waals surface area contributed by atoms with Gasteiger partial charge in [0, 0.05) is 26.1 Å². The second kappa shape index (κ2) is 4.63. The van der Waals surface area contributed by atoms with Crippen molar-refractivity contribution in [2.45, 2.75) is 31.8 Å². The first-order valence-electron chi connectivity index (χ1n) is 5.23. The van der Waals surface area contributed by atoms with Crippen molar-refractivity contribution in [3.63, 3.8) is 0 Å². The minimum absolute atomic E-state index is 0.122. The van der Waals surface area contributed by atoms with Gasteiger partial charge in [0.15, 0.2) is 0 Å². The molecule has 0 radical (unpaired) electrons. The Labute approximate surface area is 97.9 Å². The van der Waals surface area contributed by atoms with Crippen LogP contribution in [0, 0.1) is 0 Å². The molecule has 1 unspecified atom stereocenters. The number of hydrogen-bond acceptors (Lipinski definition) is 3. The van der Waals surface area contributed by atoms with Crippen LogP contribution in [0.3, 0.4) is 0 Å². The maximum atomic E-state index is 6.07. The molecule has 0 aromatic carbocycles. The quantitative estimate of drug-likeness (QED) is 0.911. The molecule has 1 atom stereocenters. The molecule has 0 saturated heterocycles. The first-order valence-corrected chi connectivity index (χ1v) is 6.02. The third-order valence-electron chi connectivity index (χ3n) is 2.82. The van der Waals surface area contributed by atoms with Gasteiger partial charge in [-0.15, -0.1) is 0 Å². The zero-order valence-corrected chi connectivity index (χ0v) is 10.5. The zero-order valence-electron chi connectivity index (χ0n) is 8.87. The van der Waals surface area contributed by atoms with Crippen molar-refractivity contribution in [2.24, 2.45) is 5.73 Å². The average Bonchev–Trinajstić information content (AvgIpc) is 2.54. The van der Waals surface area contributed by atoms with E-state index in [1.807, 2.05) is 0 Å². The second-order valence-corrected chi connectivity index (χ2v) is 4.60. The number of ether oxygens (including phenoxy) is 1. The van der Waals surface area contributed by atoms with Gasteiger partial charge in [-0.05, 0) is 28.8 Å². The van der Waals surface area contributed by atoms with Gasteiger partial charge in [0.05, 0.1) is 12.3 Å². The lowest BCUT2D eigenvalue weighted by Gasteiger charge is -2.22. The topological polar surface area (TPSA) is 53.1 Å². The van der Waals surface area contributed by atoms with E-state index in [4.69, 9.17) is 10.5 Å². The number of hydrogen-bond donors (Lipinski definition) is 1. The molecule has 0 amide bonds. The van der Waals surface area contributed by atoms with Crippen LogP contribution in [-0.4, -0.2) is 23.3 Å². The number of rotatable bonds is 3. The largest absolute Gasteiger partial charge is 0.384 e. The highest BCUT2D eigenvalue weighted by atomic mass is 79.9. The number of aromatic nitrogens is 2. The van der Waals surface area contributed by atoms with Crippen LogP contribution in [0.5, 0.6) is 0 Å². The summed E-state index contributed by atoms with van der Waals surface area (Å²) in [5.74, 6) is 1.08. The molecule has 1 aromatic heterocycles. The van der Waals surface area contributed by atoms with Gasteiger partial charge < -0.3 is 15.0 Å². The monoisotopic (exact) mass is 273 g/mol. The van der Waals surface area contributed by atoms with Crippen molar-refractivity contribution in [1.82, 2.24) is 9.55 Å². The van der Waals surface area contributed by atoms with Crippen molar-refractivity contribution in [2.75, 3.05) is 13.7 Å².